The molecule has 4 N–H and O–H groups in total. The van der Waals surface area contributed by atoms with E-state index in [-0.39, 0.29) is 5.70 Å². The number of carbonyl (C=O) groups is 2. The van der Waals surface area contributed by atoms with Crippen LogP contribution < -0.4 is 26.0 Å². The van der Waals surface area contributed by atoms with Gasteiger partial charge in [-0.05, 0) is 36.6 Å². The van der Waals surface area contributed by atoms with Crippen LogP contribution in [-0.2, 0) is 11.3 Å². The number of halogens is 1. The summed E-state index contributed by atoms with van der Waals surface area (Å²) in [7, 11) is 1.57. The third kappa shape index (κ3) is 4.02. The Morgan fingerprint density at radius 3 is 2.81 bits per heavy atom. The summed E-state index contributed by atoms with van der Waals surface area (Å²) in [5.74, 6) is 1.02. The summed E-state index contributed by atoms with van der Waals surface area (Å²) in [6.07, 6.45) is 5.22. The summed E-state index contributed by atoms with van der Waals surface area (Å²) in [6, 6.07) is 5.28. The van der Waals surface area contributed by atoms with E-state index >= 15 is 0 Å². The first kappa shape index (κ1) is 20.1. The minimum absolute atomic E-state index is 0.127. The molecule has 164 valence electrons. The molecule has 5 rings (SSSR count). The van der Waals surface area contributed by atoms with Crippen LogP contribution in [0, 0.1) is 0 Å². The number of rotatable bonds is 7. The van der Waals surface area contributed by atoms with E-state index in [9.17, 15) is 9.59 Å². The van der Waals surface area contributed by atoms with Gasteiger partial charge in [0.05, 0.1) is 18.3 Å². The van der Waals surface area contributed by atoms with Gasteiger partial charge in [0.1, 0.15) is 11.4 Å². The molecule has 12 heteroatoms. The van der Waals surface area contributed by atoms with Gasteiger partial charge in [0.25, 0.3) is 5.91 Å². The smallest absolute Gasteiger partial charge is 0.326 e. The molecule has 2 aliphatic rings. The molecule has 3 aromatic rings. The van der Waals surface area contributed by atoms with Crippen molar-refractivity contribution < 1.29 is 14.3 Å². The molecule has 11 nitrogen and oxygen atoms in total. The lowest BCUT2D eigenvalue weighted by Gasteiger charge is -2.11. The molecule has 0 bridgehead atoms. The van der Waals surface area contributed by atoms with E-state index in [1.54, 1.807) is 23.9 Å². The Labute approximate surface area is 187 Å². The number of hydrogen-bond donors (Lipinski definition) is 4. The zero-order valence-corrected chi connectivity index (χ0v) is 17.7. The number of amides is 3. The number of hydrogen-bond acceptors (Lipinski definition) is 8. The predicted molar refractivity (Wildman–Crippen MR) is 117 cm³/mol. The van der Waals surface area contributed by atoms with Crippen molar-refractivity contribution in [1.82, 2.24) is 30.2 Å². The van der Waals surface area contributed by atoms with Gasteiger partial charge in [-0.25, -0.2) is 4.79 Å². The van der Waals surface area contributed by atoms with Crippen LogP contribution in [0.15, 0.2) is 30.1 Å². The first-order valence-electron chi connectivity index (χ1n) is 9.93. The maximum absolute atomic E-state index is 11.9. The lowest BCUT2D eigenvalue weighted by molar-refractivity contribution is -0.115. The van der Waals surface area contributed by atoms with Crippen LogP contribution in [-0.4, -0.2) is 44.7 Å². The average Bonchev–Trinajstić information content (AvgIpc) is 3.40. The molecule has 2 fully saturated rings. The van der Waals surface area contributed by atoms with Gasteiger partial charge in [-0.3, -0.25) is 10.1 Å². The monoisotopic (exact) mass is 454 g/mol. The van der Waals surface area contributed by atoms with E-state index in [1.807, 2.05) is 12.1 Å². The first-order chi connectivity index (χ1) is 15.5. The van der Waals surface area contributed by atoms with Gasteiger partial charge in [-0.15, -0.1) is 0 Å². The highest BCUT2D eigenvalue weighted by atomic mass is 35.5. The minimum Gasteiger partial charge on any atom is -0.495 e. The number of carbonyl (C=O) groups excluding carboxylic acids is 2. The third-order valence-corrected chi connectivity index (χ3v) is 5.29. The second-order valence-electron chi connectivity index (χ2n) is 7.41. The molecule has 1 aliphatic carbocycles. The molecular formula is C20H19ClN8O3. The molecule has 1 aliphatic heterocycles. The molecule has 2 aromatic heterocycles. The Bertz CT molecular complexity index is 1270. The number of anilines is 2. The molecule has 32 heavy (non-hydrogen) atoms. The number of nitrogens with zero attached hydrogens (tertiary/aromatic N) is 4. The Morgan fingerprint density at radius 2 is 2.12 bits per heavy atom. The van der Waals surface area contributed by atoms with Crippen LogP contribution in [0.3, 0.4) is 0 Å². The molecular weight excluding hydrogens is 436 g/mol. The molecule has 0 atom stereocenters. The molecule has 3 heterocycles. The number of benzene rings is 1. The Kier molecular flexibility index (Phi) is 5.02. The number of aromatic nitrogens is 4. The van der Waals surface area contributed by atoms with E-state index in [0.717, 1.165) is 18.4 Å². The van der Waals surface area contributed by atoms with Crippen molar-refractivity contribution in [2.75, 3.05) is 17.7 Å². The van der Waals surface area contributed by atoms with Gasteiger partial charge < -0.3 is 20.7 Å². The molecule has 0 spiro atoms. The van der Waals surface area contributed by atoms with Crippen LogP contribution in [0.4, 0.5) is 16.7 Å². The van der Waals surface area contributed by atoms with E-state index in [2.05, 4.69) is 36.3 Å². The van der Waals surface area contributed by atoms with Crippen molar-refractivity contribution in [2.24, 2.45) is 0 Å². The fourth-order valence-electron chi connectivity index (χ4n) is 3.22. The summed E-state index contributed by atoms with van der Waals surface area (Å²) >= 11 is 6.21. The van der Waals surface area contributed by atoms with Crippen molar-refractivity contribution in [3.8, 4) is 5.75 Å². The van der Waals surface area contributed by atoms with Crippen molar-refractivity contribution >= 4 is 47.2 Å². The van der Waals surface area contributed by atoms with Crippen LogP contribution in [0.5, 0.6) is 5.75 Å². The maximum atomic E-state index is 11.9. The van der Waals surface area contributed by atoms with Gasteiger partial charge in [0, 0.05) is 18.2 Å². The Hall–Kier alpha value is -3.86. The first-order valence-corrected chi connectivity index (χ1v) is 10.3. The number of nitrogens with one attached hydrogen (secondary N) is 4. The van der Waals surface area contributed by atoms with E-state index in [4.69, 9.17) is 16.3 Å². The number of imide groups is 1. The summed E-state index contributed by atoms with van der Waals surface area (Å²) in [5.41, 5.74) is 2.11. The van der Waals surface area contributed by atoms with Crippen molar-refractivity contribution in [3.05, 3.63) is 46.2 Å². The quantitative estimate of drug-likeness (QED) is 0.315. The summed E-state index contributed by atoms with van der Waals surface area (Å²) < 4.78 is 6.77. The highest BCUT2D eigenvalue weighted by Crippen LogP contribution is 2.27. The standard InChI is InChI=1S/C20H19ClN8O3/c1-32-15-5-2-10(6-13(15)21)8-22-18-26-16-11(7-14-17(30)27-20(31)25-14)9-23-29(16)19(28-18)24-12-3-4-12/h2,5-7,9,12H,3-4,8H2,1H3,(H2,22,24,26,28)(H2,25,27,30,31)/b14-7-. The van der Waals surface area contributed by atoms with Gasteiger partial charge in [0.15, 0.2) is 5.65 Å². The zero-order valence-electron chi connectivity index (χ0n) is 17.0. The number of methoxy groups -OCH3 is 1. The summed E-state index contributed by atoms with van der Waals surface area (Å²) in [4.78, 5) is 32.4. The molecule has 1 saturated carbocycles. The largest absolute Gasteiger partial charge is 0.495 e. The molecule has 0 unspecified atom stereocenters. The van der Waals surface area contributed by atoms with Gasteiger partial charge in [0.2, 0.25) is 11.9 Å². The normalized spacial score (nSPS) is 16.9. The fourth-order valence-corrected chi connectivity index (χ4v) is 3.50. The SMILES string of the molecule is COc1ccc(CNc2nc(NC3CC3)n3ncc(/C=C4\NC(=O)NC4=O)c3n2)cc1Cl. The lowest BCUT2D eigenvalue weighted by Crippen LogP contribution is -2.22. The fraction of sp³-hybridized carbons (Fsp3) is 0.250. The summed E-state index contributed by atoms with van der Waals surface area (Å²) in [6.45, 7) is 0.436. The van der Waals surface area contributed by atoms with Gasteiger partial charge in [-0.2, -0.15) is 19.6 Å². The molecule has 3 amide bonds. The van der Waals surface area contributed by atoms with Crippen molar-refractivity contribution in [1.29, 1.82) is 0 Å². The van der Waals surface area contributed by atoms with Crippen LogP contribution in [0.25, 0.3) is 11.7 Å². The number of urea groups is 1. The molecule has 0 radical (unpaired) electrons. The topological polar surface area (TPSA) is 135 Å². The third-order valence-electron chi connectivity index (χ3n) is 4.99. The van der Waals surface area contributed by atoms with E-state index in [0.29, 0.717) is 46.5 Å². The minimum atomic E-state index is -0.566. The number of ether oxygens (including phenoxy) is 1. The lowest BCUT2D eigenvalue weighted by atomic mass is 10.2. The van der Waals surface area contributed by atoms with E-state index in [1.165, 1.54) is 6.08 Å². The van der Waals surface area contributed by atoms with Crippen molar-refractivity contribution in [2.45, 2.75) is 25.4 Å². The van der Waals surface area contributed by atoms with Crippen LogP contribution >= 0.6 is 11.6 Å². The predicted octanol–water partition coefficient (Wildman–Crippen LogP) is 2.15. The maximum Gasteiger partial charge on any atom is 0.326 e. The Morgan fingerprint density at radius 1 is 1.28 bits per heavy atom. The second-order valence-corrected chi connectivity index (χ2v) is 7.82. The highest BCUT2D eigenvalue weighted by molar-refractivity contribution is 6.32. The van der Waals surface area contributed by atoms with Crippen LogP contribution in [0.1, 0.15) is 24.0 Å². The number of fused-ring (bicyclic) bond motifs is 1. The van der Waals surface area contributed by atoms with Gasteiger partial charge >= 0.3 is 6.03 Å². The van der Waals surface area contributed by atoms with E-state index < -0.39 is 11.9 Å². The molecule has 1 aromatic carbocycles. The summed E-state index contributed by atoms with van der Waals surface area (Å²) in [5, 5.41) is 16.1. The van der Waals surface area contributed by atoms with Gasteiger partial charge in [-0.1, -0.05) is 17.7 Å². The Balaban J connectivity index is 1.47. The second kappa shape index (κ2) is 8.00. The molecule has 1 saturated heterocycles. The highest BCUT2D eigenvalue weighted by Gasteiger charge is 2.26. The van der Waals surface area contributed by atoms with Crippen molar-refractivity contribution in [3.63, 3.8) is 0 Å². The zero-order chi connectivity index (χ0) is 22.2. The average molecular weight is 455 g/mol. The van der Waals surface area contributed by atoms with Crippen LogP contribution in [0.2, 0.25) is 5.02 Å².